The molecule has 0 saturated carbocycles. The van der Waals surface area contributed by atoms with E-state index in [4.69, 9.17) is 4.74 Å². The maximum absolute atomic E-state index is 11.5. The number of quaternary nitrogens is 1. The number of ether oxygens (including phenoxy) is 1. The first-order chi connectivity index (χ1) is 15.7. The molecule has 7 nitrogen and oxygen atoms in total. The van der Waals surface area contributed by atoms with Gasteiger partial charge in [-0.3, -0.25) is 0 Å². The SMILES string of the molecule is C[N+](C)(CCC=C1c2ccccc2CCc2ccccc21)[C@@H]1O[C@H](C(=O)O)[C@@H](O)[C@@H](O)[C@H]1O. The Morgan fingerprint density at radius 2 is 1.48 bits per heavy atom. The Labute approximate surface area is 193 Å². The molecule has 1 saturated heterocycles. The van der Waals surface area contributed by atoms with Crippen LogP contribution < -0.4 is 0 Å². The average Bonchev–Trinajstić information content (AvgIpc) is 2.94. The highest BCUT2D eigenvalue weighted by molar-refractivity contribution is 5.83. The summed E-state index contributed by atoms with van der Waals surface area (Å²) in [6, 6.07) is 16.8. The first kappa shape index (κ1) is 23.6. The average molecular weight is 455 g/mol. The van der Waals surface area contributed by atoms with Crippen molar-refractivity contribution in [3.05, 3.63) is 76.9 Å². The second-order valence-corrected chi connectivity index (χ2v) is 9.48. The number of carboxylic acids is 1. The Bertz CT molecular complexity index is 999. The minimum Gasteiger partial charge on any atom is -0.479 e. The number of aliphatic carboxylic acids is 1. The second-order valence-electron chi connectivity index (χ2n) is 9.48. The molecule has 0 unspecified atom stereocenters. The van der Waals surface area contributed by atoms with Crippen molar-refractivity contribution in [2.24, 2.45) is 0 Å². The maximum Gasteiger partial charge on any atom is 0.335 e. The second kappa shape index (κ2) is 9.37. The van der Waals surface area contributed by atoms with Gasteiger partial charge in [0.2, 0.25) is 6.23 Å². The highest BCUT2D eigenvalue weighted by Gasteiger charge is 2.52. The fourth-order valence-corrected chi connectivity index (χ4v) is 4.95. The third-order valence-electron chi connectivity index (χ3n) is 6.85. The Balaban J connectivity index is 1.59. The summed E-state index contributed by atoms with van der Waals surface area (Å²) in [6.07, 6.45) is -2.47. The smallest absolute Gasteiger partial charge is 0.335 e. The van der Waals surface area contributed by atoms with Gasteiger partial charge in [0.15, 0.2) is 12.2 Å². The number of hydrogen-bond donors (Lipinski definition) is 4. The number of fused-ring (bicyclic) bond motifs is 2. The summed E-state index contributed by atoms with van der Waals surface area (Å²) in [5, 5.41) is 40.1. The van der Waals surface area contributed by atoms with E-state index in [0.29, 0.717) is 13.0 Å². The Morgan fingerprint density at radius 3 is 2.03 bits per heavy atom. The first-order valence-electron chi connectivity index (χ1n) is 11.3. The lowest BCUT2D eigenvalue weighted by Crippen LogP contribution is -2.68. The van der Waals surface area contributed by atoms with E-state index < -0.39 is 36.6 Å². The van der Waals surface area contributed by atoms with Crippen LogP contribution in [0.5, 0.6) is 0 Å². The van der Waals surface area contributed by atoms with Crippen LogP contribution in [0, 0.1) is 0 Å². The zero-order valence-corrected chi connectivity index (χ0v) is 19.0. The number of benzene rings is 2. The van der Waals surface area contributed by atoms with Gasteiger partial charge in [-0.1, -0.05) is 54.6 Å². The molecule has 1 aliphatic carbocycles. The van der Waals surface area contributed by atoms with Crippen LogP contribution in [0.15, 0.2) is 54.6 Å². The zero-order valence-electron chi connectivity index (χ0n) is 19.0. The summed E-state index contributed by atoms with van der Waals surface area (Å²) < 4.78 is 5.70. The summed E-state index contributed by atoms with van der Waals surface area (Å²) in [6.45, 7) is 0.532. The molecule has 33 heavy (non-hydrogen) atoms. The van der Waals surface area contributed by atoms with Crippen molar-refractivity contribution < 1.29 is 34.4 Å². The van der Waals surface area contributed by atoms with Gasteiger partial charge in [-0.2, -0.15) is 0 Å². The first-order valence-corrected chi connectivity index (χ1v) is 11.3. The summed E-state index contributed by atoms with van der Waals surface area (Å²) in [5.74, 6) is -1.37. The summed E-state index contributed by atoms with van der Waals surface area (Å²) in [4.78, 5) is 11.5. The fourth-order valence-electron chi connectivity index (χ4n) is 4.95. The number of rotatable bonds is 5. The molecule has 4 N–H and O–H groups in total. The van der Waals surface area contributed by atoms with Gasteiger partial charge >= 0.3 is 5.97 Å². The predicted octanol–water partition coefficient (Wildman–Crippen LogP) is 1.58. The van der Waals surface area contributed by atoms with Crippen LogP contribution in [0.25, 0.3) is 5.57 Å². The number of aliphatic hydroxyl groups excluding tert-OH is 3. The summed E-state index contributed by atoms with van der Waals surface area (Å²) in [5.41, 5.74) is 6.21. The van der Waals surface area contributed by atoms with Crippen LogP contribution in [0.2, 0.25) is 0 Å². The number of hydrogen-bond acceptors (Lipinski definition) is 5. The lowest BCUT2D eigenvalue weighted by atomic mass is 9.93. The molecule has 5 atom stereocenters. The van der Waals surface area contributed by atoms with Gasteiger partial charge in [-0.05, 0) is 40.7 Å². The number of aliphatic hydroxyl groups is 3. The molecule has 176 valence electrons. The normalized spacial score (nSPS) is 27.3. The van der Waals surface area contributed by atoms with Gasteiger partial charge in [-0.25, -0.2) is 4.79 Å². The standard InChI is InChI=1S/C26H31NO6/c1-27(2,25-23(30)21(28)22(29)24(33-25)26(31)32)15-7-12-20-18-10-5-3-8-16(18)13-14-17-9-4-6-11-19(17)20/h3-6,8-12,21-25,28-30H,7,13-15H2,1-2H3/p+1/t21-,22+,23-,24+,25-/m1/s1. The van der Waals surface area contributed by atoms with Gasteiger partial charge in [0.1, 0.15) is 12.2 Å². The van der Waals surface area contributed by atoms with Crippen LogP contribution in [-0.2, 0) is 22.4 Å². The topological polar surface area (TPSA) is 107 Å². The third-order valence-corrected chi connectivity index (χ3v) is 6.85. The van der Waals surface area contributed by atoms with Crippen molar-refractivity contribution in [1.29, 1.82) is 0 Å². The summed E-state index contributed by atoms with van der Waals surface area (Å²) >= 11 is 0. The van der Waals surface area contributed by atoms with E-state index in [1.165, 1.54) is 27.8 Å². The van der Waals surface area contributed by atoms with E-state index >= 15 is 0 Å². The van der Waals surface area contributed by atoms with Crippen molar-refractivity contribution in [1.82, 2.24) is 0 Å². The highest BCUT2D eigenvalue weighted by Crippen LogP contribution is 2.34. The van der Waals surface area contributed by atoms with E-state index in [2.05, 4.69) is 42.5 Å². The van der Waals surface area contributed by atoms with E-state index in [1.807, 2.05) is 26.2 Å². The molecule has 2 aromatic rings. The Hall–Kier alpha value is -2.55. The number of carbonyl (C=O) groups is 1. The van der Waals surface area contributed by atoms with Crippen molar-refractivity contribution in [2.45, 2.75) is 49.9 Å². The van der Waals surface area contributed by atoms with E-state index in [9.17, 15) is 25.2 Å². The quantitative estimate of drug-likeness (QED) is 0.511. The molecule has 4 rings (SSSR count). The summed E-state index contributed by atoms with van der Waals surface area (Å²) in [7, 11) is 3.65. The number of nitrogens with zero attached hydrogens (tertiary/aromatic N) is 1. The van der Waals surface area contributed by atoms with E-state index in [1.54, 1.807) is 0 Å². The number of aryl methyl sites for hydroxylation is 2. The monoisotopic (exact) mass is 454 g/mol. The molecule has 0 radical (unpaired) electrons. The molecular formula is C26H32NO6+. The van der Waals surface area contributed by atoms with Crippen molar-refractivity contribution in [2.75, 3.05) is 20.6 Å². The third kappa shape index (κ3) is 4.60. The molecule has 7 heteroatoms. The Kier molecular flexibility index (Phi) is 6.70. The van der Waals surface area contributed by atoms with Gasteiger partial charge in [-0.15, -0.1) is 0 Å². The lowest BCUT2D eigenvalue weighted by molar-refractivity contribution is -0.944. The zero-order chi connectivity index (χ0) is 23.8. The van der Waals surface area contributed by atoms with E-state index in [-0.39, 0.29) is 4.48 Å². The maximum atomic E-state index is 11.5. The van der Waals surface area contributed by atoms with E-state index in [0.717, 1.165) is 12.8 Å². The largest absolute Gasteiger partial charge is 0.479 e. The van der Waals surface area contributed by atoms with Gasteiger partial charge in [0.05, 0.1) is 20.6 Å². The molecule has 0 aromatic heterocycles. The molecule has 1 aliphatic heterocycles. The van der Waals surface area contributed by atoms with Crippen molar-refractivity contribution >= 4 is 11.5 Å². The predicted molar refractivity (Wildman–Crippen MR) is 123 cm³/mol. The molecule has 2 aromatic carbocycles. The lowest BCUT2D eigenvalue weighted by Gasteiger charge is -2.46. The molecule has 0 bridgehead atoms. The van der Waals surface area contributed by atoms with Crippen molar-refractivity contribution in [3.63, 3.8) is 0 Å². The van der Waals surface area contributed by atoms with Gasteiger partial charge < -0.3 is 29.6 Å². The van der Waals surface area contributed by atoms with Crippen LogP contribution in [0.1, 0.15) is 28.7 Å². The number of likely N-dealkylation sites (N-methyl/N-ethyl adjacent to an activating group) is 1. The van der Waals surface area contributed by atoms with Gasteiger partial charge in [0.25, 0.3) is 0 Å². The molecular weight excluding hydrogens is 422 g/mol. The fraction of sp³-hybridized carbons (Fsp3) is 0.423. The van der Waals surface area contributed by atoms with Crippen LogP contribution in [0.4, 0.5) is 0 Å². The van der Waals surface area contributed by atoms with Crippen LogP contribution >= 0.6 is 0 Å². The highest BCUT2D eigenvalue weighted by atomic mass is 16.6. The molecule has 0 amide bonds. The van der Waals surface area contributed by atoms with Crippen LogP contribution in [0.3, 0.4) is 0 Å². The van der Waals surface area contributed by atoms with Gasteiger partial charge in [0, 0.05) is 6.42 Å². The Morgan fingerprint density at radius 1 is 0.939 bits per heavy atom. The minimum absolute atomic E-state index is 0.127. The van der Waals surface area contributed by atoms with Crippen molar-refractivity contribution in [3.8, 4) is 0 Å². The molecule has 0 spiro atoms. The minimum atomic E-state index is -1.69. The molecule has 2 aliphatic rings. The molecule has 1 heterocycles. The molecule has 1 fully saturated rings. The number of carboxylic acid groups (broad SMARTS) is 1. The van der Waals surface area contributed by atoms with Crippen LogP contribution in [-0.4, -0.2) is 82.2 Å².